The van der Waals surface area contributed by atoms with Crippen LogP contribution in [0.5, 0.6) is 5.88 Å². The molecule has 1 fully saturated rings. The monoisotopic (exact) mass is 264 g/mol. The molecule has 19 heavy (non-hydrogen) atoms. The lowest BCUT2D eigenvalue weighted by Crippen LogP contribution is -2.35. The van der Waals surface area contributed by atoms with E-state index >= 15 is 0 Å². The Labute approximate surface area is 115 Å². The van der Waals surface area contributed by atoms with Gasteiger partial charge in [-0.3, -0.25) is 0 Å². The summed E-state index contributed by atoms with van der Waals surface area (Å²) >= 11 is 0. The summed E-state index contributed by atoms with van der Waals surface area (Å²) in [4.78, 5) is 4.23. The van der Waals surface area contributed by atoms with E-state index in [4.69, 9.17) is 4.74 Å². The lowest BCUT2D eigenvalue weighted by atomic mass is 9.74. The molecular formula is C15H24N2O2. The van der Waals surface area contributed by atoms with Gasteiger partial charge in [-0.25, -0.2) is 4.98 Å². The van der Waals surface area contributed by atoms with Gasteiger partial charge in [0.2, 0.25) is 5.88 Å². The van der Waals surface area contributed by atoms with Gasteiger partial charge >= 0.3 is 0 Å². The van der Waals surface area contributed by atoms with Crippen LogP contribution in [0, 0.1) is 5.41 Å². The normalized spacial score (nSPS) is 18.0. The summed E-state index contributed by atoms with van der Waals surface area (Å²) in [7, 11) is 0. The molecule has 1 aliphatic rings. The number of hydrogen-bond donors (Lipinski definition) is 2. The quantitative estimate of drug-likeness (QED) is 0.829. The molecule has 106 valence electrons. The molecule has 1 aromatic rings. The topological polar surface area (TPSA) is 54.4 Å². The summed E-state index contributed by atoms with van der Waals surface area (Å²) < 4.78 is 5.51. The van der Waals surface area contributed by atoms with E-state index in [2.05, 4.69) is 10.3 Å². The smallest absolute Gasteiger partial charge is 0.237 e. The van der Waals surface area contributed by atoms with Crippen molar-refractivity contribution in [3.63, 3.8) is 0 Å². The number of aliphatic hydroxyl groups excluding tert-OH is 1. The van der Waals surface area contributed by atoms with Gasteiger partial charge in [0.15, 0.2) is 0 Å². The SMILES string of the molecule is CCOc1ncccc1NCC1(CO)CCCCC1. The highest BCUT2D eigenvalue weighted by molar-refractivity contribution is 5.52. The summed E-state index contributed by atoms with van der Waals surface area (Å²) in [6.45, 7) is 3.60. The highest BCUT2D eigenvalue weighted by Crippen LogP contribution is 2.36. The second kappa shape index (κ2) is 6.75. The Morgan fingerprint density at radius 1 is 1.37 bits per heavy atom. The second-order valence-electron chi connectivity index (χ2n) is 5.36. The van der Waals surface area contributed by atoms with Gasteiger partial charge < -0.3 is 15.2 Å². The molecule has 4 nitrogen and oxygen atoms in total. The molecule has 1 saturated carbocycles. The lowest BCUT2D eigenvalue weighted by molar-refractivity contribution is 0.0943. The fraction of sp³-hybridized carbons (Fsp3) is 0.667. The van der Waals surface area contributed by atoms with E-state index in [1.807, 2.05) is 19.1 Å². The van der Waals surface area contributed by atoms with E-state index in [1.165, 1.54) is 19.3 Å². The molecule has 0 amide bonds. The molecule has 0 bridgehead atoms. The number of hydrogen-bond acceptors (Lipinski definition) is 4. The van der Waals surface area contributed by atoms with Crippen LogP contribution in [0.15, 0.2) is 18.3 Å². The minimum absolute atomic E-state index is 0.0254. The van der Waals surface area contributed by atoms with Gasteiger partial charge in [0.25, 0.3) is 0 Å². The Morgan fingerprint density at radius 3 is 2.84 bits per heavy atom. The van der Waals surface area contributed by atoms with Crippen molar-refractivity contribution < 1.29 is 9.84 Å². The number of pyridine rings is 1. The third kappa shape index (κ3) is 3.60. The van der Waals surface area contributed by atoms with Crippen LogP contribution in [0.1, 0.15) is 39.0 Å². The highest BCUT2D eigenvalue weighted by Gasteiger charge is 2.31. The van der Waals surface area contributed by atoms with Crippen molar-refractivity contribution in [2.45, 2.75) is 39.0 Å². The molecule has 0 saturated heterocycles. The first-order chi connectivity index (χ1) is 9.29. The molecule has 1 aromatic heterocycles. The van der Waals surface area contributed by atoms with E-state index in [9.17, 15) is 5.11 Å². The number of aliphatic hydroxyl groups is 1. The van der Waals surface area contributed by atoms with Crippen molar-refractivity contribution in [3.8, 4) is 5.88 Å². The molecule has 0 aromatic carbocycles. The minimum atomic E-state index is 0.0254. The van der Waals surface area contributed by atoms with Gasteiger partial charge in [0, 0.05) is 18.2 Å². The van der Waals surface area contributed by atoms with Crippen molar-refractivity contribution in [1.82, 2.24) is 4.98 Å². The molecule has 4 heteroatoms. The molecule has 0 spiro atoms. The predicted molar refractivity (Wildman–Crippen MR) is 76.5 cm³/mol. The van der Waals surface area contributed by atoms with Crippen LogP contribution in [0.2, 0.25) is 0 Å². The fourth-order valence-corrected chi connectivity index (χ4v) is 2.75. The first-order valence-corrected chi connectivity index (χ1v) is 7.22. The standard InChI is InChI=1S/C15H24N2O2/c1-2-19-14-13(7-6-10-16-14)17-11-15(12-18)8-4-3-5-9-15/h6-7,10,17-18H,2-5,8-9,11-12H2,1H3. The van der Waals surface area contributed by atoms with Crippen LogP contribution in [0.4, 0.5) is 5.69 Å². The maximum absolute atomic E-state index is 9.71. The second-order valence-corrected chi connectivity index (χ2v) is 5.36. The average Bonchev–Trinajstić information content (AvgIpc) is 2.48. The van der Waals surface area contributed by atoms with Gasteiger partial charge in [-0.05, 0) is 31.9 Å². The molecule has 1 aliphatic carbocycles. The van der Waals surface area contributed by atoms with Crippen LogP contribution in [0.25, 0.3) is 0 Å². The predicted octanol–water partition coefficient (Wildman–Crippen LogP) is 2.84. The first-order valence-electron chi connectivity index (χ1n) is 7.22. The van der Waals surface area contributed by atoms with E-state index in [0.717, 1.165) is 25.1 Å². The Balaban J connectivity index is 2.00. The Morgan fingerprint density at radius 2 is 2.16 bits per heavy atom. The maximum atomic E-state index is 9.71. The molecular weight excluding hydrogens is 240 g/mol. The van der Waals surface area contributed by atoms with Crippen molar-refractivity contribution >= 4 is 5.69 Å². The van der Waals surface area contributed by atoms with Crippen LogP contribution in [-0.2, 0) is 0 Å². The van der Waals surface area contributed by atoms with Gasteiger partial charge in [-0.1, -0.05) is 19.3 Å². The Bertz CT molecular complexity index is 389. The summed E-state index contributed by atoms with van der Waals surface area (Å²) in [5.41, 5.74) is 0.945. The van der Waals surface area contributed by atoms with Gasteiger partial charge in [0.05, 0.1) is 18.9 Å². The van der Waals surface area contributed by atoms with Crippen LogP contribution in [0.3, 0.4) is 0 Å². The number of nitrogens with zero attached hydrogens (tertiary/aromatic N) is 1. The maximum Gasteiger partial charge on any atom is 0.237 e. The van der Waals surface area contributed by atoms with Crippen molar-refractivity contribution in [2.24, 2.45) is 5.41 Å². The average molecular weight is 264 g/mol. The molecule has 0 atom stereocenters. The van der Waals surface area contributed by atoms with Crippen LogP contribution in [-0.4, -0.2) is 29.8 Å². The molecule has 2 N–H and O–H groups in total. The zero-order valence-electron chi connectivity index (χ0n) is 11.7. The molecule has 0 aliphatic heterocycles. The highest BCUT2D eigenvalue weighted by atomic mass is 16.5. The van der Waals surface area contributed by atoms with Gasteiger partial charge in [0.1, 0.15) is 0 Å². The van der Waals surface area contributed by atoms with Crippen molar-refractivity contribution in [3.05, 3.63) is 18.3 Å². The summed E-state index contributed by atoms with van der Waals surface area (Å²) in [5.74, 6) is 0.647. The van der Waals surface area contributed by atoms with Gasteiger partial charge in [-0.15, -0.1) is 0 Å². The van der Waals surface area contributed by atoms with E-state index in [0.29, 0.717) is 12.5 Å². The van der Waals surface area contributed by atoms with E-state index in [1.54, 1.807) is 6.20 Å². The zero-order valence-corrected chi connectivity index (χ0v) is 11.7. The number of rotatable bonds is 6. The number of ether oxygens (including phenoxy) is 1. The van der Waals surface area contributed by atoms with E-state index in [-0.39, 0.29) is 12.0 Å². The third-order valence-electron chi connectivity index (χ3n) is 3.96. The largest absolute Gasteiger partial charge is 0.476 e. The zero-order chi connectivity index (χ0) is 13.6. The minimum Gasteiger partial charge on any atom is -0.476 e. The fourth-order valence-electron chi connectivity index (χ4n) is 2.75. The number of aromatic nitrogens is 1. The summed E-state index contributed by atoms with van der Waals surface area (Å²) in [6.07, 6.45) is 7.65. The lowest BCUT2D eigenvalue weighted by Gasteiger charge is -2.36. The van der Waals surface area contributed by atoms with Crippen LogP contribution < -0.4 is 10.1 Å². The Hall–Kier alpha value is -1.29. The first kappa shape index (κ1) is 14.1. The number of nitrogens with one attached hydrogen (secondary N) is 1. The van der Waals surface area contributed by atoms with Crippen molar-refractivity contribution in [2.75, 3.05) is 25.1 Å². The van der Waals surface area contributed by atoms with Crippen molar-refractivity contribution in [1.29, 1.82) is 0 Å². The van der Waals surface area contributed by atoms with E-state index < -0.39 is 0 Å². The molecule has 2 rings (SSSR count). The molecule has 0 radical (unpaired) electrons. The van der Waals surface area contributed by atoms with Crippen LogP contribution >= 0.6 is 0 Å². The summed E-state index contributed by atoms with van der Waals surface area (Å²) in [6, 6.07) is 3.88. The number of anilines is 1. The summed E-state index contributed by atoms with van der Waals surface area (Å²) in [5, 5.41) is 13.1. The molecule has 1 heterocycles. The Kier molecular flexibility index (Phi) is 5.02. The molecule has 0 unspecified atom stereocenters. The third-order valence-corrected chi connectivity index (χ3v) is 3.96. The van der Waals surface area contributed by atoms with Gasteiger partial charge in [-0.2, -0.15) is 0 Å².